The Morgan fingerprint density at radius 1 is 1.08 bits per heavy atom. The number of hydrogen-bond donors (Lipinski definition) is 4. The second-order valence-electron chi connectivity index (χ2n) is 12.9. The van der Waals surface area contributed by atoms with Crippen molar-refractivity contribution in [1.29, 1.82) is 0 Å². The molecule has 1 aromatic carbocycles. The highest BCUT2D eigenvalue weighted by molar-refractivity contribution is 6.24. The second-order valence-corrected chi connectivity index (χ2v) is 12.9. The number of rotatable bonds is 4. The minimum absolute atomic E-state index is 0.0791. The number of carbonyl (C=O) groups is 3. The fourth-order valence-corrected chi connectivity index (χ4v) is 8.50. The largest absolute Gasteiger partial charge is 0.508 e. The molecule has 0 aliphatic heterocycles. The van der Waals surface area contributed by atoms with Gasteiger partial charge in [-0.05, 0) is 55.2 Å². The van der Waals surface area contributed by atoms with E-state index in [0.29, 0.717) is 12.3 Å². The molecule has 7 heteroatoms. The van der Waals surface area contributed by atoms with Crippen LogP contribution in [0.4, 0.5) is 0 Å². The summed E-state index contributed by atoms with van der Waals surface area (Å²) in [5, 5.41) is 45.7. The van der Waals surface area contributed by atoms with Crippen LogP contribution in [0, 0.1) is 28.6 Å². The number of phenols is 1. The number of benzene rings is 1. The molecule has 2 saturated carbocycles. The molecule has 0 aromatic heterocycles. The lowest BCUT2D eigenvalue weighted by Crippen LogP contribution is -2.69. The van der Waals surface area contributed by atoms with E-state index in [1.165, 1.54) is 18.9 Å². The fourth-order valence-electron chi connectivity index (χ4n) is 8.50. The number of phenolic OH excluding ortho intramolecular Hbond substituents is 1. The molecule has 4 atom stereocenters. The molecule has 38 heavy (non-hydrogen) atoms. The topological polar surface area (TPSA) is 132 Å². The van der Waals surface area contributed by atoms with Crippen LogP contribution in [0.5, 0.6) is 5.75 Å². The number of ketones is 3. The van der Waals surface area contributed by atoms with Crippen LogP contribution in [0.25, 0.3) is 5.76 Å². The van der Waals surface area contributed by atoms with Gasteiger partial charge in [0.1, 0.15) is 22.8 Å². The molecular weight excluding hydrogens is 484 g/mol. The van der Waals surface area contributed by atoms with E-state index in [4.69, 9.17) is 0 Å². The number of Topliss-reactive ketones (excluding diaryl/α,β-unsaturated/α-hetero) is 3. The molecule has 7 nitrogen and oxygen atoms in total. The van der Waals surface area contributed by atoms with Gasteiger partial charge in [-0.25, -0.2) is 0 Å². The van der Waals surface area contributed by atoms with Crippen molar-refractivity contribution in [2.24, 2.45) is 28.6 Å². The third kappa shape index (κ3) is 3.33. The lowest BCUT2D eigenvalue weighted by molar-refractivity contribution is -0.178. The van der Waals surface area contributed by atoms with Crippen molar-refractivity contribution < 1.29 is 34.8 Å². The molecule has 0 spiro atoms. The van der Waals surface area contributed by atoms with Crippen LogP contribution < -0.4 is 0 Å². The average Bonchev–Trinajstić information content (AvgIpc) is 3.31. The number of allylic oxidation sites excluding steroid dienone is 1. The van der Waals surface area contributed by atoms with Gasteiger partial charge in [-0.2, -0.15) is 0 Å². The van der Waals surface area contributed by atoms with E-state index >= 15 is 0 Å². The summed E-state index contributed by atoms with van der Waals surface area (Å²) in [5.74, 6) is -4.44. The number of aliphatic hydroxyl groups excluding tert-OH is 2. The summed E-state index contributed by atoms with van der Waals surface area (Å²) in [7, 11) is 0. The van der Waals surface area contributed by atoms with Gasteiger partial charge in [0.05, 0.1) is 5.56 Å². The summed E-state index contributed by atoms with van der Waals surface area (Å²) < 4.78 is 0. The number of aliphatic hydroxyl groups is 3. The van der Waals surface area contributed by atoms with Crippen molar-refractivity contribution in [1.82, 2.24) is 0 Å². The molecule has 4 N–H and O–H groups in total. The summed E-state index contributed by atoms with van der Waals surface area (Å²) in [6, 6.07) is 3.43. The summed E-state index contributed by atoms with van der Waals surface area (Å²) in [4.78, 5) is 40.4. The van der Waals surface area contributed by atoms with E-state index in [9.17, 15) is 34.8 Å². The lowest BCUT2D eigenvalue weighted by atomic mass is 9.43. The van der Waals surface area contributed by atoms with E-state index in [0.717, 1.165) is 37.3 Å². The van der Waals surface area contributed by atoms with Gasteiger partial charge in [0.15, 0.2) is 17.2 Å². The lowest BCUT2D eigenvalue weighted by Gasteiger charge is -2.59. The van der Waals surface area contributed by atoms with E-state index in [1.807, 2.05) is 13.0 Å². The third-order valence-electron chi connectivity index (χ3n) is 9.97. The van der Waals surface area contributed by atoms with Crippen LogP contribution in [0.3, 0.4) is 0 Å². The molecule has 0 bridgehead atoms. The quantitative estimate of drug-likeness (QED) is 0.413. The first kappa shape index (κ1) is 26.7. The van der Waals surface area contributed by atoms with Crippen LogP contribution in [-0.4, -0.2) is 43.4 Å². The van der Waals surface area contributed by atoms with Crippen LogP contribution in [0.2, 0.25) is 0 Å². The van der Waals surface area contributed by atoms with Crippen molar-refractivity contribution in [3.8, 4) is 5.75 Å². The number of aromatic hydroxyl groups is 1. The van der Waals surface area contributed by atoms with Gasteiger partial charge in [0, 0.05) is 22.3 Å². The molecule has 1 unspecified atom stereocenters. The number of hydrogen-bond acceptors (Lipinski definition) is 7. The summed E-state index contributed by atoms with van der Waals surface area (Å²) >= 11 is 0. The van der Waals surface area contributed by atoms with Gasteiger partial charge in [-0.15, -0.1) is 0 Å². The Morgan fingerprint density at radius 2 is 1.71 bits per heavy atom. The molecular formula is C31H38O7. The van der Waals surface area contributed by atoms with E-state index in [-0.39, 0.29) is 29.2 Å². The molecule has 5 rings (SSSR count). The second kappa shape index (κ2) is 8.54. The first-order valence-electron chi connectivity index (χ1n) is 13.7. The normalized spacial score (nSPS) is 33.5. The Morgan fingerprint density at radius 3 is 2.29 bits per heavy atom. The van der Waals surface area contributed by atoms with Crippen LogP contribution in [-0.2, 0) is 27.2 Å². The predicted octanol–water partition coefficient (Wildman–Crippen LogP) is 4.92. The highest BCUT2D eigenvalue weighted by Gasteiger charge is 2.72. The molecule has 0 radical (unpaired) electrons. The smallest absolute Gasteiger partial charge is 0.203 e. The summed E-state index contributed by atoms with van der Waals surface area (Å²) in [5.41, 5.74) is -3.62. The van der Waals surface area contributed by atoms with Crippen molar-refractivity contribution in [3.63, 3.8) is 0 Å². The van der Waals surface area contributed by atoms with E-state index in [2.05, 4.69) is 0 Å². The molecule has 0 heterocycles. The van der Waals surface area contributed by atoms with Gasteiger partial charge >= 0.3 is 0 Å². The summed E-state index contributed by atoms with van der Waals surface area (Å²) in [6.45, 7) is 8.21. The maximum absolute atomic E-state index is 14.3. The molecule has 0 saturated heterocycles. The maximum atomic E-state index is 14.3. The van der Waals surface area contributed by atoms with Crippen molar-refractivity contribution in [2.75, 3.05) is 0 Å². The molecule has 2 fully saturated rings. The molecule has 204 valence electrons. The van der Waals surface area contributed by atoms with Gasteiger partial charge in [-0.3, -0.25) is 14.4 Å². The fraction of sp³-hybridized carbons (Fsp3) is 0.581. The molecule has 4 aliphatic carbocycles. The van der Waals surface area contributed by atoms with Gasteiger partial charge < -0.3 is 20.4 Å². The van der Waals surface area contributed by atoms with Crippen molar-refractivity contribution in [3.05, 3.63) is 45.7 Å². The zero-order valence-corrected chi connectivity index (χ0v) is 22.9. The predicted molar refractivity (Wildman–Crippen MR) is 141 cm³/mol. The Hall–Kier alpha value is -2.93. The van der Waals surface area contributed by atoms with Crippen LogP contribution in [0.1, 0.15) is 83.4 Å². The van der Waals surface area contributed by atoms with Gasteiger partial charge in [0.2, 0.25) is 5.78 Å². The zero-order chi connectivity index (χ0) is 27.9. The van der Waals surface area contributed by atoms with Crippen LogP contribution in [0.15, 0.2) is 29.0 Å². The molecule has 0 amide bonds. The monoisotopic (exact) mass is 522 g/mol. The van der Waals surface area contributed by atoms with E-state index in [1.54, 1.807) is 20.8 Å². The summed E-state index contributed by atoms with van der Waals surface area (Å²) in [6.07, 6.45) is 5.90. The maximum Gasteiger partial charge on any atom is 0.203 e. The third-order valence-corrected chi connectivity index (χ3v) is 9.97. The zero-order valence-electron chi connectivity index (χ0n) is 22.9. The Labute approximate surface area is 223 Å². The Bertz CT molecular complexity index is 1330. The van der Waals surface area contributed by atoms with Gasteiger partial charge in [-0.1, -0.05) is 59.4 Å². The molecule has 1 aromatic rings. The molecule has 4 aliphatic rings. The highest BCUT2D eigenvalue weighted by atomic mass is 16.3. The standard InChI is InChI=1S/C31H38O7/c1-15(2)23-25(34)21(16(3)32)27(36)31(38)28(37)24-26(35)22-19(13-29(24,4)14-30(23,31)5)18(10-11-20(22)33)12-17-8-6-7-9-17/h10-11,15,17,23,33,35-36,38H,6-9,12-14H2,1-5H3/t23?,29-,30-,31+/m1/s1. The number of carbonyl (C=O) groups excluding carboxylic acids is 3. The minimum atomic E-state index is -2.58. The average molecular weight is 523 g/mol. The SMILES string of the molecule is CC(=O)C1=C(O)[C@]2(O)C(=O)C3=C(O)c4c(O)ccc(CC5CCCC5)c4C[C@]3(C)C[C@]2(C)C(C(C)C)C1=O. The Kier molecular flexibility index (Phi) is 5.99. The van der Waals surface area contributed by atoms with Gasteiger partial charge in [0.25, 0.3) is 0 Å². The van der Waals surface area contributed by atoms with E-state index < -0.39 is 56.8 Å². The first-order valence-corrected chi connectivity index (χ1v) is 13.7. The van der Waals surface area contributed by atoms with Crippen molar-refractivity contribution >= 4 is 23.1 Å². The minimum Gasteiger partial charge on any atom is -0.508 e. The number of fused-ring (bicyclic) bond motifs is 3. The first-order chi connectivity index (χ1) is 17.7. The van der Waals surface area contributed by atoms with Crippen molar-refractivity contribution in [2.45, 2.75) is 85.2 Å². The Balaban J connectivity index is 1.76. The van der Waals surface area contributed by atoms with Crippen LogP contribution >= 0.6 is 0 Å². The highest BCUT2D eigenvalue weighted by Crippen LogP contribution is 2.65.